The van der Waals surface area contributed by atoms with Crippen LogP contribution in [0.3, 0.4) is 0 Å². The molecule has 2 aromatic carbocycles. The molecule has 3 aromatic rings. The van der Waals surface area contributed by atoms with Crippen LogP contribution in [0.25, 0.3) is 6.08 Å². The highest BCUT2D eigenvalue weighted by atomic mass is 79.9. The number of aromatic hydroxyl groups is 1. The first-order valence-electron chi connectivity index (χ1n) is 10.7. The van der Waals surface area contributed by atoms with Gasteiger partial charge in [-0.3, -0.25) is 9.36 Å². The number of allylic oxidation sites excluding steroid dienone is 1. The molecule has 176 valence electrons. The Bertz CT molecular complexity index is 1450. The van der Waals surface area contributed by atoms with Crippen LogP contribution in [0.15, 0.2) is 68.0 Å². The molecule has 0 aliphatic carbocycles. The number of phenols is 1. The maximum Gasteiger partial charge on any atom is 0.338 e. The van der Waals surface area contributed by atoms with Crippen LogP contribution in [0.5, 0.6) is 11.5 Å². The second-order valence-corrected chi connectivity index (χ2v) is 9.38. The predicted molar refractivity (Wildman–Crippen MR) is 134 cm³/mol. The third-order valence-electron chi connectivity index (χ3n) is 5.29. The monoisotopic (exact) mass is 542 g/mol. The number of nitrogens with zero attached hydrogens (tertiary/aromatic N) is 2. The number of aromatic nitrogens is 1. The molecule has 7 nitrogen and oxygen atoms in total. The number of fused-ring (bicyclic) bond motifs is 1. The van der Waals surface area contributed by atoms with Crippen LogP contribution in [0, 0.1) is 0 Å². The van der Waals surface area contributed by atoms with Crippen molar-refractivity contribution in [2.24, 2.45) is 4.99 Å². The Balaban J connectivity index is 1.91. The number of phenolic OH excluding ortho intramolecular Hbond substituents is 1. The maximum absolute atomic E-state index is 13.6. The summed E-state index contributed by atoms with van der Waals surface area (Å²) in [7, 11) is 0. The minimum Gasteiger partial charge on any atom is -0.507 e. The van der Waals surface area contributed by atoms with Gasteiger partial charge in [-0.05, 0) is 78.2 Å². The number of rotatable bonds is 6. The molecule has 0 unspecified atom stereocenters. The molecule has 1 aliphatic rings. The van der Waals surface area contributed by atoms with Gasteiger partial charge in [0.15, 0.2) is 4.80 Å². The number of ether oxygens (including phenoxy) is 2. The summed E-state index contributed by atoms with van der Waals surface area (Å²) >= 11 is 4.55. The van der Waals surface area contributed by atoms with E-state index in [1.807, 2.05) is 31.2 Å². The number of carbonyl (C=O) groups excluding carboxylic acids is 1. The van der Waals surface area contributed by atoms with Crippen molar-refractivity contribution >= 4 is 39.3 Å². The number of carbonyl (C=O) groups is 1. The van der Waals surface area contributed by atoms with Crippen molar-refractivity contribution < 1.29 is 19.4 Å². The van der Waals surface area contributed by atoms with Gasteiger partial charge >= 0.3 is 5.97 Å². The first-order valence-corrected chi connectivity index (χ1v) is 12.4. The topological polar surface area (TPSA) is 90.1 Å². The maximum atomic E-state index is 13.6. The molecule has 34 heavy (non-hydrogen) atoms. The van der Waals surface area contributed by atoms with Gasteiger partial charge in [-0.1, -0.05) is 29.5 Å². The number of halogens is 1. The van der Waals surface area contributed by atoms with E-state index in [2.05, 4.69) is 20.9 Å². The minimum absolute atomic E-state index is 0.115. The van der Waals surface area contributed by atoms with Gasteiger partial charge in [0.1, 0.15) is 11.5 Å². The van der Waals surface area contributed by atoms with Crippen LogP contribution in [-0.4, -0.2) is 28.9 Å². The Morgan fingerprint density at radius 3 is 2.59 bits per heavy atom. The van der Waals surface area contributed by atoms with Crippen LogP contribution in [0.2, 0.25) is 0 Å². The zero-order chi connectivity index (χ0) is 24.4. The average molecular weight is 543 g/mol. The van der Waals surface area contributed by atoms with Crippen molar-refractivity contribution in [1.29, 1.82) is 0 Å². The quantitative estimate of drug-likeness (QED) is 0.480. The van der Waals surface area contributed by atoms with E-state index in [0.717, 1.165) is 11.1 Å². The average Bonchev–Trinajstić information content (AvgIpc) is 3.10. The highest BCUT2D eigenvalue weighted by molar-refractivity contribution is 9.10. The fraction of sp³-hybridized carbons (Fsp3) is 0.240. The Morgan fingerprint density at radius 2 is 1.94 bits per heavy atom. The second kappa shape index (κ2) is 9.99. The van der Waals surface area contributed by atoms with E-state index in [0.29, 0.717) is 37.4 Å². The summed E-state index contributed by atoms with van der Waals surface area (Å²) < 4.78 is 13.4. The number of hydrogen-bond donors (Lipinski definition) is 1. The zero-order valence-corrected chi connectivity index (χ0v) is 21.3. The summed E-state index contributed by atoms with van der Waals surface area (Å²) in [5.74, 6) is 0.318. The first kappa shape index (κ1) is 24.0. The molecule has 1 atom stereocenters. The number of esters is 1. The molecular weight excluding hydrogens is 520 g/mol. The fourth-order valence-corrected chi connectivity index (χ4v) is 5.23. The van der Waals surface area contributed by atoms with Gasteiger partial charge in [0.2, 0.25) is 0 Å². The molecule has 9 heteroatoms. The largest absolute Gasteiger partial charge is 0.507 e. The fourth-order valence-electron chi connectivity index (χ4n) is 3.78. The molecule has 1 aromatic heterocycles. The number of hydrogen-bond acceptors (Lipinski definition) is 7. The first-order chi connectivity index (χ1) is 16.3. The lowest BCUT2D eigenvalue weighted by Gasteiger charge is -2.24. The van der Waals surface area contributed by atoms with Gasteiger partial charge in [-0.25, -0.2) is 9.79 Å². The summed E-state index contributed by atoms with van der Waals surface area (Å²) in [6.07, 6.45) is 1.74. The molecule has 0 spiro atoms. The number of benzene rings is 2. The smallest absolute Gasteiger partial charge is 0.338 e. The summed E-state index contributed by atoms with van der Waals surface area (Å²) in [5.41, 5.74) is 2.07. The van der Waals surface area contributed by atoms with E-state index < -0.39 is 12.0 Å². The Labute approximate surface area is 208 Å². The molecule has 1 N–H and O–H groups in total. The molecule has 0 amide bonds. The Hall–Kier alpha value is -3.17. The van der Waals surface area contributed by atoms with Gasteiger partial charge in [0.25, 0.3) is 5.56 Å². The molecule has 0 bridgehead atoms. The molecule has 2 heterocycles. The third-order valence-corrected chi connectivity index (χ3v) is 6.91. The van der Waals surface area contributed by atoms with Crippen LogP contribution in [-0.2, 0) is 9.53 Å². The second-order valence-electron chi connectivity index (χ2n) is 7.52. The van der Waals surface area contributed by atoms with Crippen molar-refractivity contribution in [2.75, 3.05) is 13.2 Å². The predicted octanol–water partition coefficient (Wildman–Crippen LogP) is 3.67. The highest BCUT2D eigenvalue weighted by Crippen LogP contribution is 2.31. The molecular formula is C25H23BrN2O5S. The van der Waals surface area contributed by atoms with Gasteiger partial charge in [-0.2, -0.15) is 0 Å². The van der Waals surface area contributed by atoms with Crippen molar-refractivity contribution in [3.05, 3.63) is 89.0 Å². The molecule has 0 saturated carbocycles. The highest BCUT2D eigenvalue weighted by Gasteiger charge is 2.33. The van der Waals surface area contributed by atoms with E-state index >= 15 is 0 Å². The van der Waals surface area contributed by atoms with Crippen molar-refractivity contribution in [1.82, 2.24) is 4.57 Å². The minimum atomic E-state index is -0.681. The van der Waals surface area contributed by atoms with Gasteiger partial charge in [-0.15, -0.1) is 0 Å². The van der Waals surface area contributed by atoms with Crippen LogP contribution in [0.4, 0.5) is 0 Å². The summed E-state index contributed by atoms with van der Waals surface area (Å²) in [6, 6.07) is 11.7. The molecule has 0 fully saturated rings. The summed E-state index contributed by atoms with van der Waals surface area (Å²) in [6.45, 7) is 6.15. The van der Waals surface area contributed by atoms with Crippen molar-refractivity contribution in [3.8, 4) is 11.5 Å². The molecule has 1 aliphatic heterocycles. The molecule has 0 radical (unpaired) electrons. The van der Waals surface area contributed by atoms with Crippen LogP contribution >= 0.6 is 27.3 Å². The van der Waals surface area contributed by atoms with E-state index in [1.54, 1.807) is 42.7 Å². The lowest BCUT2D eigenvalue weighted by Crippen LogP contribution is -2.39. The molecule has 0 saturated heterocycles. The third kappa shape index (κ3) is 4.58. The summed E-state index contributed by atoms with van der Waals surface area (Å²) in [5, 5.41) is 9.77. The Morgan fingerprint density at radius 1 is 1.21 bits per heavy atom. The lowest BCUT2D eigenvalue weighted by molar-refractivity contribution is -0.139. The Kier molecular flexibility index (Phi) is 7.04. The van der Waals surface area contributed by atoms with Crippen LogP contribution in [0.1, 0.15) is 37.9 Å². The lowest BCUT2D eigenvalue weighted by atomic mass is 9.96. The van der Waals surface area contributed by atoms with E-state index in [1.165, 1.54) is 11.3 Å². The van der Waals surface area contributed by atoms with Gasteiger partial charge < -0.3 is 14.6 Å². The molecule has 4 rings (SSSR count). The van der Waals surface area contributed by atoms with E-state index in [4.69, 9.17) is 9.47 Å². The zero-order valence-electron chi connectivity index (χ0n) is 18.9. The van der Waals surface area contributed by atoms with Crippen molar-refractivity contribution in [3.63, 3.8) is 0 Å². The van der Waals surface area contributed by atoms with E-state index in [-0.39, 0.29) is 17.9 Å². The van der Waals surface area contributed by atoms with E-state index in [9.17, 15) is 14.7 Å². The summed E-state index contributed by atoms with van der Waals surface area (Å²) in [4.78, 5) is 31.6. The number of thiazole rings is 1. The van der Waals surface area contributed by atoms with Crippen LogP contribution < -0.4 is 19.6 Å². The SMILES string of the molecule is CCOC(=O)C1=C(C)N=c2sc(=Cc3ccc(O)c(Br)c3)c(=O)n2[C@H]1c1ccc(OCC)cc1. The van der Waals surface area contributed by atoms with Gasteiger partial charge in [0.05, 0.1) is 39.5 Å². The van der Waals surface area contributed by atoms with Crippen molar-refractivity contribution in [2.45, 2.75) is 26.8 Å². The van der Waals surface area contributed by atoms with Gasteiger partial charge in [0, 0.05) is 0 Å². The normalized spacial score (nSPS) is 15.6. The standard InChI is InChI=1S/C25H23BrN2O5S/c1-4-32-17-9-7-16(8-10-17)22-21(24(31)33-5-2)14(3)27-25-28(22)23(30)20(34-25)13-15-6-11-19(29)18(26)12-15/h6-13,22,29H,4-5H2,1-3H3/t22-/m0/s1.